The summed E-state index contributed by atoms with van der Waals surface area (Å²) in [5.74, 6) is 0.686. The highest BCUT2D eigenvalue weighted by atomic mass is 16.3. The van der Waals surface area contributed by atoms with Crippen molar-refractivity contribution in [2.45, 2.75) is 24.7 Å². The van der Waals surface area contributed by atoms with E-state index in [1.165, 1.54) is 55.6 Å². The van der Waals surface area contributed by atoms with E-state index in [2.05, 4.69) is 184 Å². The van der Waals surface area contributed by atoms with Crippen LogP contribution in [-0.4, -0.2) is 9.97 Å². The average molecular weight is 755 g/mol. The van der Waals surface area contributed by atoms with Gasteiger partial charge in [0.05, 0.1) is 16.8 Å². The smallest absolute Gasteiger partial charge is 0.160 e. The summed E-state index contributed by atoms with van der Waals surface area (Å²) in [7, 11) is 0. The monoisotopic (exact) mass is 754 g/mol. The van der Waals surface area contributed by atoms with Gasteiger partial charge in [0.2, 0.25) is 0 Å². The van der Waals surface area contributed by atoms with Crippen molar-refractivity contribution in [2.24, 2.45) is 0 Å². The largest absolute Gasteiger partial charge is 0.456 e. The van der Waals surface area contributed by atoms with Gasteiger partial charge in [0.25, 0.3) is 0 Å². The molecule has 8 aromatic carbocycles. The lowest BCUT2D eigenvalue weighted by Gasteiger charge is -2.46. The lowest BCUT2D eigenvalue weighted by atomic mass is 9.55. The van der Waals surface area contributed by atoms with Crippen molar-refractivity contribution in [1.82, 2.24) is 9.97 Å². The number of hydrogen-bond donors (Lipinski definition) is 0. The molecule has 0 atom stereocenters. The Labute approximate surface area is 343 Å². The second kappa shape index (κ2) is 12.6. The molecule has 2 heterocycles. The molecule has 2 aliphatic carbocycles. The zero-order chi connectivity index (χ0) is 39.3. The molecule has 1 spiro atoms. The zero-order valence-corrected chi connectivity index (χ0v) is 32.8. The fourth-order valence-electron chi connectivity index (χ4n) is 10.4. The normalized spacial score (nSPS) is 14.2. The molecule has 0 bridgehead atoms. The molecule has 278 valence electrons. The SMILES string of the molecule is CC1(C)c2ccccc2C2(c3ccccc3-c3ccccc32)c2ccc3c(oc4cccc(-c5cc(-c6ccc(-c7ccccc7)cc6)nc(-c6ccccc6)n5)c43)c21. The van der Waals surface area contributed by atoms with Crippen LogP contribution in [0.4, 0.5) is 0 Å². The third-order valence-electron chi connectivity index (χ3n) is 13.0. The Balaban J connectivity index is 1.11. The van der Waals surface area contributed by atoms with Crippen LogP contribution in [0, 0.1) is 0 Å². The first-order chi connectivity index (χ1) is 29.0. The van der Waals surface area contributed by atoms with Crippen LogP contribution in [0.2, 0.25) is 0 Å². The third-order valence-corrected chi connectivity index (χ3v) is 13.0. The third kappa shape index (κ3) is 4.76. The van der Waals surface area contributed by atoms with Gasteiger partial charge in [-0.05, 0) is 62.2 Å². The Morgan fingerprint density at radius 3 is 1.64 bits per heavy atom. The van der Waals surface area contributed by atoms with E-state index < -0.39 is 5.41 Å². The predicted molar refractivity (Wildman–Crippen MR) is 240 cm³/mol. The topological polar surface area (TPSA) is 38.9 Å². The second-order valence-electron chi connectivity index (χ2n) is 16.4. The predicted octanol–water partition coefficient (Wildman–Crippen LogP) is 14.0. The molecule has 0 unspecified atom stereocenters. The number of nitrogens with zero attached hydrogens (tertiary/aromatic N) is 2. The summed E-state index contributed by atoms with van der Waals surface area (Å²) >= 11 is 0. The Morgan fingerprint density at radius 1 is 0.407 bits per heavy atom. The summed E-state index contributed by atoms with van der Waals surface area (Å²) in [5, 5.41) is 2.15. The summed E-state index contributed by atoms with van der Waals surface area (Å²) < 4.78 is 7.18. The van der Waals surface area contributed by atoms with Gasteiger partial charge in [0.15, 0.2) is 5.82 Å². The minimum atomic E-state index is -0.493. The highest BCUT2D eigenvalue weighted by molar-refractivity contribution is 6.14. The van der Waals surface area contributed by atoms with E-state index in [9.17, 15) is 0 Å². The van der Waals surface area contributed by atoms with Crippen molar-refractivity contribution >= 4 is 21.9 Å². The van der Waals surface area contributed by atoms with Crippen LogP contribution in [0.5, 0.6) is 0 Å². The summed E-state index contributed by atoms with van der Waals surface area (Å²) in [4.78, 5) is 10.5. The number of rotatable bonds is 4. The number of furan rings is 1. The van der Waals surface area contributed by atoms with Crippen LogP contribution in [0.1, 0.15) is 47.2 Å². The van der Waals surface area contributed by atoms with Crippen molar-refractivity contribution in [3.8, 4) is 56.2 Å². The first-order valence-electron chi connectivity index (χ1n) is 20.4. The highest BCUT2D eigenvalue weighted by Gasteiger charge is 2.54. The zero-order valence-electron chi connectivity index (χ0n) is 32.8. The average Bonchev–Trinajstić information content (AvgIpc) is 3.83. The minimum absolute atomic E-state index is 0.355. The maximum absolute atomic E-state index is 7.18. The van der Waals surface area contributed by atoms with E-state index in [-0.39, 0.29) is 5.41 Å². The van der Waals surface area contributed by atoms with Crippen molar-refractivity contribution in [1.29, 1.82) is 0 Å². The lowest BCUT2D eigenvalue weighted by molar-refractivity contribution is 0.551. The lowest BCUT2D eigenvalue weighted by Crippen LogP contribution is -2.40. The van der Waals surface area contributed by atoms with Gasteiger partial charge in [-0.2, -0.15) is 0 Å². The van der Waals surface area contributed by atoms with Gasteiger partial charge < -0.3 is 4.42 Å². The van der Waals surface area contributed by atoms with E-state index in [1.807, 2.05) is 24.3 Å². The van der Waals surface area contributed by atoms with Gasteiger partial charge in [0, 0.05) is 38.4 Å². The minimum Gasteiger partial charge on any atom is -0.456 e. The van der Waals surface area contributed by atoms with Crippen molar-refractivity contribution in [2.75, 3.05) is 0 Å². The van der Waals surface area contributed by atoms with Gasteiger partial charge >= 0.3 is 0 Å². The number of benzene rings is 8. The molecule has 2 aromatic heterocycles. The molecular formula is C56H38N2O. The van der Waals surface area contributed by atoms with Crippen LogP contribution in [-0.2, 0) is 10.8 Å². The van der Waals surface area contributed by atoms with Crippen molar-refractivity contribution in [3.63, 3.8) is 0 Å². The molecule has 0 N–H and O–H groups in total. The number of fused-ring (bicyclic) bond motifs is 13. The Morgan fingerprint density at radius 2 is 0.949 bits per heavy atom. The van der Waals surface area contributed by atoms with Gasteiger partial charge in [-0.25, -0.2) is 9.97 Å². The maximum Gasteiger partial charge on any atom is 0.160 e. The highest BCUT2D eigenvalue weighted by Crippen LogP contribution is 2.63. The van der Waals surface area contributed by atoms with Gasteiger partial charge in [-0.1, -0.05) is 196 Å². The Hall–Kier alpha value is -7.36. The standard InChI is InChI=1S/C56H38N2O/c1-55(2)45-25-13-14-26-46(45)56(43-23-11-9-20-39(43)40-21-10-12-24-44(40)56)47-33-32-42-51-41(22-15-27-50(51)59-53(42)52(47)55)49-34-48(57-54(58-49)38-18-7-4-8-19-38)37-30-28-36(29-31-37)35-16-5-3-6-17-35/h3-34H,1-2H3. The fourth-order valence-corrected chi connectivity index (χ4v) is 10.4. The van der Waals surface area contributed by atoms with Crippen molar-refractivity contribution in [3.05, 3.63) is 228 Å². The van der Waals surface area contributed by atoms with E-state index in [0.29, 0.717) is 5.82 Å². The maximum atomic E-state index is 7.18. The Bertz CT molecular complexity index is 3240. The summed E-state index contributed by atoms with van der Waals surface area (Å²) in [6.07, 6.45) is 0. The molecule has 2 aliphatic rings. The van der Waals surface area contributed by atoms with Gasteiger partial charge in [0.1, 0.15) is 11.2 Å². The molecule has 12 rings (SSSR count). The summed E-state index contributed by atoms with van der Waals surface area (Å²) in [6.45, 7) is 4.73. The number of aromatic nitrogens is 2. The first-order valence-corrected chi connectivity index (χ1v) is 20.4. The second-order valence-corrected chi connectivity index (χ2v) is 16.4. The van der Waals surface area contributed by atoms with Crippen LogP contribution in [0.15, 0.2) is 199 Å². The molecule has 3 nitrogen and oxygen atoms in total. The Kier molecular flexibility index (Phi) is 7.19. The quantitative estimate of drug-likeness (QED) is 0.180. The molecular weight excluding hydrogens is 717 g/mol. The molecule has 0 radical (unpaired) electrons. The summed E-state index contributed by atoms with van der Waals surface area (Å²) in [6, 6.07) is 69.7. The van der Waals surface area contributed by atoms with Gasteiger partial charge in [-0.3, -0.25) is 0 Å². The van der Waals surface area contributed by atoms with E-state index in [4.69, 9.17) is 14.4 Å². The first kappa shape index (κ1) is 33.7. The molecule has 10 aromatic rings. The van der Waals surface area contributed by atoms with E-state index in [1.54, 1.807) is 0 Å². The molecule has 0 fully saturated rings. The molecule has 0 amide bonds. The van der Waals surface area contributed by atoms with Crippen molar-refractivity contribution < 1.29 is 4.42 Å². The molecule has 3 heteroatoms. The van der Waals surface area contributed by atoms with E-state index in [0.717, 1.165) is 50.0 Å². The molecule has 0 saturated heterocycles. The summed E-state index contributed by atoms with van der Waals surface area (Å²) in [5.41, 5.74) is 18.4. The number of hydrogen-bond acceptors (Lipinski definition) is 3. The van der Waals surface area contributed by atoms with Crippen LogP contribution >= 0.6 is 0 Å². The van der Waals surface area contributed by atoms with Gasteiger partial charge in [-0.15, -0.1) is 0 Å². The molecule has 0 aliphatic heterocycles. The van der Waals surface area contributed by atoms with E-state index >= 15 is 0 Å². The molecule has 59 heavy (non-hydrogen) atoms. The van der Waals surface area contributed by atoms with Crippen LogP contribution in [0.25, 0.3) is 78.1 Å². The molecule has 0 saturated carbocycles. The fraction of sp³-hybridized carbons (Fsp3) is 0.0714. The van der Waals surface area contributed by atoms with Crippen LogP contribution in [0.3, 0.4) is 0 Å². The van der Waals surface area contributed by atoms with Crippen LogP contribution < -0.4 is 0 Å².